The SMILES string of the molecule is COCC[C@H]1[C@@H](C)C/C=C/[C@H](O)[C@@H]2CC[C@H]2CN2C[C@@]3(CCCc4cc(Cl)ccc43)COc3ccc(cc32)C(=O)NS1(=O)=O. The molecule has 10 heteroatoms. The van der Waals surface area contributed by atoms with Crippen molar-refractivity contribution in [3.05, 3.63) is 70.3 Å². The van der Waals surface area contributed by atoms with Gasteiger partial charge in [-0.2, -0.15) is 0 Å². The average Bonchev–Trinajstić information content (AvgIpc) is 3.11. The van der Waals surface area contributed by atoms with Crippen LogP contribution in [0.15, 0.2) is 48.6 Å². The van der Waals surface area contributed by atoms with E-state index in [1.165, 1.54) is 18.2 Å². The molecule has 2 heterocycles. The van der Waals surface area contributed by atoms with Crippen LogP contribution in [0.2, 0.25) is 5.02 Å². The maximum Gasteiger partial charge on any atom is 0.264 e. The molecule has 0 radical (unpaired) electrons. The van der Waals surface area contributed by atoms with E-state index in [1.54, 1.807) is 18.2 Å². The summed E-state index contributed by atoms with van der Waals surface area (Å²) in [6, 6.07) is 11.4. The standard InChI is InChI=1S/C34H43ClN2O6S/c1-22-5-3-7-30(38)27-11-8-25(27)19-37-20-34(15-4-6-23-17-26(35)10-12-28(23)34)21-43-31-13-9-24(18-29(31)37)33(39)36-44(40,41)32(22)14-16-42-2/h3,7,9-10,12-13,17-18,22,25,27,30,32,38H,4-6,8,11,14-16,19-21H2,1-2H3,(H,36,39)/b7-3+/t22-,25-,27+,30-,32-,34-/m0/s1. The molecule has 4 aliphatic rings. The second-order valence-corrected chi connectivity index (χ2v) is 15.6. The minimum atomic E-state index is -4.02. The second kappa shape index (κ2) is 12.7. The van der Waals surface area contributed by atoms with Crippen molar-refractivity contribution in [3.63, 3.8) is 0 Å². The maximum absolute atomic E-state index is 13.6. The predicted octanol–water partition coefficient (Wildman–Crippen LogP) is 5.26. The van der Waals surface area contributed by atoms with E-state index >= 15 is 0 Å². The third-order valence-electron chi connectivity index (χ3n) is 10.4. The number of amides is 1. The topological polar surface area (TPSA) is 105 Å². The van der Waals surface area contributed by atoms with Gasteiger partial charge in [0.25, 0.3) is 5.91 Å². The van der Waals surface area contributed by atoms with E-state index in [1.807, 2.05) is 25.1 Å². The van der Waals surface area contributed by atoms with Crippen LogP contribution in [0, 0.1) is 17.8 Å². The van der Waals surface area contributed by atoms with Crippen molar-refractivity contribution in [2.45, 2.75) is 68.6 Å². The fourth-order valence-corrected chi connectivity index (χ4v) is 9.63. The number of nitrogens with zero attached hydrogens (tertiary/aromatic N) is 1. The molecule has 2 aromatic carbocycles. The maximum atomic E-state index is 13.6. The number of sulfonamides is 1. The Hall–Kier alpha value is -2.59. The van der Waals surface area contributed by atoms with Gasteiger partial charge in [0.15, 0.2) is 0 Å². The molecular weight excluding hydrogens is 600 g/mol. The molecule has 6 rings (SSSR count). The van der Waals surface area contributed by atoms with E-state index in [0.717, 1.165) is 42.8 Å². The molecule has 1 amide bonds. The molecule has 1 spiro atoms. The van der Waals surface area contributed by atoms with Gasteiger partial charge in [-0.05, 0) is 104 Å². The number of benzene rings is 2. The third-order valence-corrected chi connectivity index (χ3v) is 12.6. The average molecular weight is 643 g/mol. The van der Waals surface area contributed by atoms with Gasteiger partial charge in [0, 0.05) is 42.8 Å². The molecule has 0 saturated heterocycles. The number of methoxy groups -OCH3 is 1. The molecule has 44 heavy (non-hydrogen) atoms. The van der Waals surface area contributed by atoms with Crippen molar-refractivity contribution in [1.82, 2.24) is 4.72 Å². The molecule has 0 unspecified atom stereocenters. The number of carbonyl (C=O) groups excluding carboxylic acids is 1. The largest absolute Gasteiger partial charge is 0.490 e. The number of allylic oxidation sites excluding steroid dienone is 1. The van der Waals surface area contributed by atoms with E-state index in [4.69, 9.17) is 21.1 Å². The molecular formula is C34H43ClN2O6S. The van der Waals surface area contributed by atoms with Crippen molar-refractivity contribution in [3.8, 4) is 5.75 Å². The van der Waals surface area contributed by atoms with Gasteiger partial charge < -0.3 is 19.5 Å². The molecule has 6 atom stereocenters. The van der Waals surface area contributed by atoms with Crippen LogP contribution < -0.4 is 14.4 Å². The Kier molecular flexibility index (Phi) is 9.03. The van der Waals surface area contributed by atoms with E-state index in [0.29, 0.717) is 31.9 Å². The smallest absolute Gasteiger partial charge is 0.264 e. The van der Waals surface area contributed by atoms with Crippen LogP contribution in [-0.4, -0.2) is 64.2 Å². The summed E-state index contributed by atoms with van der Waals surface area (Å²) in [5, 5.41) is 11.1. The molecule has 2 aromatic rings. The number of carbonyl (C=O) groups is 1. The number of anilines is 1. The lowest BCUT2D eigenvalue weighted by Gasteiger charge is -2.45. The van der Waals surface area contributed by atoms with Crippen molar-refractivity contribution in [1.29, 1.82) is 0 Å². The number of ether oxygens (including phenoxy) is 2. The number of hydrogen-bond acceptors (Lipinski definition) is 7. The predicted molar refractivity (Wildman–Crippen MR) is 172 cm³/mol. The molecule has 2 aliphatic carbocycles. The Labute approximate surface area is 265 Å². The van der Waals surface area contributed by atoms with Gasteiger partial charge in [0.05, 0.1) is 23.6 Å². The number of rotatable bonds is 3. The van der Waals surface area contributed by atoms with Crippen LogP contribution in [-0.2, 0) is 26.6 Å². The Morgan fingerprint density at radius 2 is 2.05 bits per heavy atom. The first-order valence-corrected chi connectivity index (χ1v) is 17.7. The zero-order valence-electron chi connectivity index (χ0n) is 25.5. The monoisotopic (exact) mass is 642 g/mol. The lowest BCUT2D eigenvalue weighted by molar-refractivity contribution is 0.0455. The number of aliphatic hydroxyl groups is 1. The summed E-state index contributed by atoms with van der Waals surface area (Å²) in [4.78, 5) is 15.9. The second-order valence-electron chi connectivity index (χ2n) is 13.2. The molecule has 238 valence electrons. The Bertz CT molecular complexity index is 1530. The lowest BCUT2D eigenvalue weighted by Crippen LogP contribution is -2.49. The first-order valence-electron chi connectivity index (χ1n) is 15.8. The van der Waals surface area contributed by atoms with Crippen LogP contribution >= 0.6 is 11.6 Å². The normalized spacial score (nSPS) is 32.3. The van der Waals surface area contributed by atoms with Gasteiger partial charge >= 0.3 is 0 Å². The highest BCUT2D eigenvalue weighted by atomic mass is 35.5. The summed E-state index contributed by atoms with van der Waals surface area (Å²) < 4.78 is 41.3. The number of aryl methyl sites for hydroxylation is 1. The van der Waals surface area contributed by atoms with Crippen LogP contribution in [0.5, 0.6) is 5.75 Å². The summed E-state index contributed by atoms with van der Waals surface area (Å²) in [6.45, 7) is 3.99. The third kappa shape index (κ3) is 6.13. The van der Waals surface area contributed by atoms with E-state index in [2.05, 4.69) is 21.8 Å². The molecule has 1 fully saturated rings. The van der Waals surface area contributed by atoms with Crippen molar-refractivity contribution in [2.24, 2.45) is 17.8 Å². The quantitative estimate of drug-likeness (QED) is 0.440. The summed E-state index contributed by atoms with van der Waals surface area (Å²) >= 11 is 6.40. The number of fused-ring (bicyclic) bond motifs is 4. The number of halogens is 1. The fraction of sp³-hybridized carbons (Fsp3) is 0.559. The number of nitrogens with one attached hydrogen (secondary N) is 1. The van der Waals surface area contributed by atoms with Gasteiger partial charge in [0.1, 0.15) is 5.75 Å². The summed E-state index contributed by atoms with van der Waals surface area (Å²) in [6.07, 6.45) is 8.72. The van der Waals surface area contributed by atoms with Gasteiger partial charge in [0.2, 0.25) is 10.0 Å². The van der Waals surface area contributed by atoms with Crippen molar-refractivity contribution >= 4 is 33.2 Å². The zero-order valence-corrected chi connectivity index (χ0v) is 27.1. The highest BCUT2D eigenvalue weighted by Crippen LogP contribution is 2.46. The summed E-state index contributed by atoms with van der Waals surface area (Å²) in [5.74, 6) is 0.105. The number of hydrogen-bond donors (Lipinski definition) is 2. The number of aliphatic hydroxyl groups excluding tert-OH is 1. The van der Waals surface area contributed by atoms with Crippen LogP contribution in [0.1, 0.15) is 66.9 Å². The van der Waals surface area contributed by atoms with Gasteiger partial charge in [-0.25, -0.2) is 13.1 Å². The lowest BCUT2D eigenvalue weighted by atomic mass is 9.68. The Morgan fingerprint density at radius 1 is 1.20 bits per heavy atom. The highest BCUT2D eigenvalue weighted by Gasteiger charge is 2.44. The first kappa shape index (κ1) is 31.4. The summed E-state index contributed by atoms with van der Waals surface area (Å²) in [7, 11) is -2.49. The van der Waals surface area contributed by atoms with Crippen LogP contribution in [0.4, 0.5) is 5.69 Å². The zero-order chi connectivity index (χ0) is 31.1. The Morgan fingerprint density at radius 3 is 2.82 bits per heavy atom. The molecule has 0 aromatic heterocycles. The highest BCUT2D eigenvalue weighted by molar-refractivity contribution is 7.90. The van der Waals surface area contributed by atoms with Gasteiger partial charge in [-0.3, -0.25) is 4.79 Å². The fourth-order valence-electron chi connectivity index (χ4n) is 7.78. The minimum absolute atomic E-state index is 0.106. The minimum Gasteiger partial charge on any atom is -0.490 e. The molecule has 2 bridgehead atoms. The van der Waals surface area contributed by atoms with Crippen LogP contribution in [0.25, 0.3) is 0 Å². The van der Waals surface area contributed by atoms with E-state index in [9.17, 15) is 18.3 Å². The molecule has 2 aliphatic heterocycles. The molecule has 8 nitrogen and oxygen atoms in total. The first-order chi connectivity index (χ1) is 21.1. The van der Waals surface area contributed by atoms with Crippen LogP contribution in [0.3, 0.4) is 0 Å². The Balaban J connectivity index is 1.41. The van der Waals surface area contributed by atoms with Crippen molar-refractivity contribution < 1.29 is 27.8 Å². The molecule has 2 N–H and O–H groups in total. The van der Waals surface area contributed by atoms with Gasteiger partial charge in [-0.15, -0.1) is 0 Å². The van der Waals surface area contributed by atoms with E-state index in [-0.39, 0.29) is 41.8 Å². The van der Waals surface area contributed by atoms with E-state index < -0.39 is 27.3 Å². The summed E-state index contributed by atoms with van der Waals surface area (Å²) in [5.41, 5.74) is 3.27. The molecule has 1 saturated carbocycles. The van der Waals surface area contributed by atoms with Crippen molar-refractivity contribution in [2.75, 3.05) is 38.3 Å². The van der Waals surface area contributed by atoms with Gasteiger partial charge in [-0.1, -0.05) is 36.7 Å².